The lowest BCUT2D eigenvalue weighted by molar-refractivity contribution is -0.141. The number of rotatable bonds is 6. The molecule has 0 heterocycles. The number of benzene rings is 2. The number of nitrogens with one attached hydrogen (secondary N) is 2. The number of carbonyl (C=O) groups excluding carboxylic acids is 3. The van der Waals surface area contributed by atoms with Gasteiger partial charge >= 0.3 is 24.1 Å². The molecular formula is C28H34ClN3O8. The van der Waals surface area contributed by atoms with Gasteiger partial charge in [-0.15, -0.1) is 4.99 Å². The Hall–Kier alpha value is -4.12. The summed E-state index contributed by atoms with van der Waals surface area (Å²) in [6, 6.07) is 10.6. The third-order valence-electron chi connectivity index (χ3n) is 4.78. The number of aliphatic imine (C=N–C) groups is 1. The normalized spacial score (nSPS) is 12.7. The van der Waals surface area contributed by atoms with Crippen LogP contribution in [-0.2, 0) is 20.7 Å². The van der Waals surface area contributed by atoms with Gasteiger partial charge in [0.1, 0.15) is 17.0 Å². The predicted molar refractivity (Wildman–Crippen MR) is 150 cm³/mol. The number of esters is 1. The van der Waals surface area contributed by atoms with Crippen molar-refractivity contribution in [1.29, 1.82) is 0 Å². The number of alkyl carbamates (subject to hydrolysis) is 1. The van der Waals surface area contributed by atoms with E-state index in [2.05, 4.69) is 15.6 Å². The van der Waals surface area contributed by atoms with Crippen LogP contribution in [0.2, 0.25) is 5.02 Å². The van der Waals surface area contributed by atoms with Crippen molar-refractivity contribution in [2.24, 2.45) is 10.9 Å². The fourth-order valence-corrected chi connectivity index (χ4v) is 3.28. The molecular weight excluding hydrogens is 542 g/mol. The van der Waals surface area contributed by atoms with Gasteiger partial charge in [-0.1, -0.05) is 24.6 Å². The highest BCUT2D eigenvalue weighted by Crippen LogP contribution is 2.26. The summed E-state index contributed by atoms with van der Waals surface area (Å²) in [5.41, 5.74) is -0.382. The van der Waals surface area contributed by atoms with Crippen molar-refractivity contribution < 1.29 is 38.5 Å². The summed E-state index contributed by atoms with van der Waals surface area (Å²) in [5, 5.41) is 14.5. The number of hydrogen-bond acceptors (Lipinski definition) is 7. The third kappa shape index (κ3) is 11.3. The standard InChI is InChI=1S/C28H34ClN3O8/c1-16(22(33)34)14-18-10-13-20(15-21(18)29)38-23(35)17-8-11-19(12-9-17)30-24(31-25(36)39-27(2,3)4)32-26(37)40-28(5,6)7/h8-13,15-16H,14H2,1-7H3,(H,33,34)(H2,30,31,32,36,37). The molecule has 216 valence electrons. The average molecular weight is 576 g/mol. The van der Waals surface area contributed by atoms with E-state index in [4.69, 9.17) is 30.9 Å². The van der Waals surface area contributed by atoms with E-state index in [-0.39, 0.29) is 28.7 Å². The Balaban J connectivity index is 2.14. The Bertz CT molecular complexity index is 1280. The predicted octanol–water partition coefficient (Wildman–Crippen LogP) is 6.05. The van der Waals surface area contributed by atoms with E-state index in [1.165, 1.54) is 36.4 Å². The van der Waals surface area contributed by atoms with Crippen LogP contribution in [0.1, 0.15) is 64.4 Å². The molecule has 0 spiro atoms. The van der Waals surface area contributed by atoms with Gasteiger partial charge in [0, 0.05) is 10.7 Å². The maximum Gasteiger partial charge on any atom is 0.437 e. The van der Waals surface area contributed by atoms with E-state index in [0.717, 1.165) is 0 Å². The van der Waals surface area contributed by atoms with E-state index in [1.807, 2.05) is 0 Å². The minimum Gasteiger partial charge on any atom is -0.481 e. The number of carboxylic acid groups (broad SMARTS) is 1. The Morgan fingerprint density at radius 2 is 1.55 bits per heavy atom. The number of aliphatic carboxylic acids is 1. The van der Waals surface area contributed by atoms with Crippen molar-refractivity contribution in [2.45, 2.75) is 66.1 Å². The first-order valence-electron chi connectivity index (χ1n) is 12.3. The molecule has 2 aromatic carbocycles. The quantitative estimate of drug-likeness (QED) is 0.162. The summed E-state index contributed by atoms with van der Waals surface area (Å²) >= 11 is 6.24. The number of ether oxygens (including phenoxy) is 3. The topological polar surface area (TPSA) is 153 Å². The van der Waals surface area contributed by atoms with Crippen LogP contribution in [0, 0.1) is 5.92 Å². The fraction of sp³-hybridized carbons (Fsp3) is 0.393. The van der Waals surface area contributed by atoms with Gasteiger partial charge in [0.25, 0.3) is 0 Å². The molecule has 12 heteroatoms. The van der Waals surface area contributed by atoms with Gasteiger partial charge in [0.2, 0.25) is 5.96 Å². The van der Waals surface area contributed by atoms with Crippen LogP contribution in [0.5, 0.6) is 5.75 Å². The van der Waals surface area contributed by atoms with Crippen molar-refractivity contribution in [3.05, 3.63) is 58.6 Å². The summed E-state index contributed by atoms with van der Waals surface area (Å²) < 4.78 is 15.8. The number of halogens is 1. The SMILES string of the molecule is CC(Cc1ccc(OC(=O)c2ccc(N/C(=N/C(=O)OC(C)(C)C)NC(=O)OC(C)(C)C)cc2)cc1Cl)C(=O)O. The summed E-state index contributed by atoms with van der Waals surface area (Å²) in [7, 11) is 0. The molecule has 0 aliphatic heterocycles. The number of carbonyl (C=O) groups is 4. The first-order chi connectivity index (χ1) is 18.4. The van der Waals surface area contributed by atoms with Gasteiger partial charge in [-0.25, -0.2) is 14.4 Å². The molecule has 1 unspecified atom stereocenters. The average Bonchev–Trinajstić information content (AvgIpc) is 2.78. The van der Waals surface area contributed by atoms with Gasteiger partial charge in [-0.05, 0) is 89.9 Å². The Morgan fingerprint density at radius 1 is 0.950 bits per heavy atom. The Labute approximate surface area is 237 Å². The van der Waals surface area contributed by atoms with Gasteiger partial charge in [-0.2, -0.15) is 0 Å². The number of anilines is 1. The molecule has 0 radical (unpaired) electrons. The van der Waals surface area contributed by atoms with Crippen molar-refractivity contribution in [1.82, 2.24) is 5.32 Å². The van der Waals surface area contributed by atoms with Gasteiger partial charge in [0.15, 0.2) is 0 Å². The third-order valence-corrected chi connectivity index (χ3v) is 5.13. The second kappa shape index (κ2) is 13.3. The zero-order valence-corrected chi connectivity index (χ0v) is 24.2. The monoisotopic (exact) mass is 575 g/mol. The lowest BCUT2D eigenvalue weighted by Gasteiger charge is -2.21. The summed E-state index contributed by atoms with van der Waals surface area (Å²) in [6.45, 7) is 11.7. The number of hydrogen-bond donors (Lipinski definition) is 3. The molecule has 0 aromatic heterocycles. The highest BCUT2D eigenvalue weighted by molar-refractivity contribution is 6.31. The molecule has 0 fully saturated rings. The summed E-state index contributed by atoms with van der Waals surface area (Å²) in [5.74, 6) is -2.27. The zero-order chi connectivity index (χ0) is 30.3. The molecule has 11 nitrogen and oxygen atoms in total. The lowest BCUT2D eigenvalue weighted by Crippen LogP contribution is -2.40. The van der Waals surface area contributed by atoms with Gasteiger partial charge in [0.05, 0.1) is 11.5 Å². The van der Waals surface area contributed by atoms with E-state index < -0.39 is 41.2 Å². The molecule has 0 saturated heterocycles. The summed E-state index contributed by atoms with van der Waals surface area (Å²) in [4.78, 5) is 52.0. The van der Waals surface area contributed by atoms with Crippen LogP contribution in [0.25, 0.3) is 0 Å². The molecule has 40 heavy (non-hydrogen) atoms. The van der Waals surface area contributed by atoms with Crippen LogP contribution in [-0.4, -0.2) is 46.4 Å². The largest absolute Gasteiger partial charge is 0.481 e. The van der Waals surface area contributed by atoms with Crippen molar-refractivity contribution in [2.75, 3.05) is 5.32 Å². The van der Waals surface area contributed by atoms with Crippen LogP contribution < -0.4 is 15.4 Å². The van der Waals surface area contributed by atoms with Crippen LogP contribution in [0.15, 0.2) is 47.5 Å². The highest BCUT2D eigenvalue weighted by Gasteiger charge is 2.21. The number of guanidine groups is 1. The summed E-state index contributed by atoms with van der Waals surface area (Å²) in [6.07, 6.45) is -1.54. The lowest BCUT2D eigenvalue weighted by atomic mass is 10.0. The molecule has 0 aliphatic carbocycles. The second-order valence-electron chi connectivity index (χ2n) is 10.9. The minimum atomic E-state index is -0.937. The van der Waals surface area contributed by atoms with Gasteiger partial charge in [-0.3, -0.25) is 10.1 Å². The highest BCUT2D eigenvalue weighted by atomic mass is 35.5. The molecule has 3 N–H and O–H groups in total. The Morgan fingerprint density at radius 3 is 2.08 bits per heavy atom. The van der Waals surface area contributed by atoms with E-state index in [0.29, 0.717) is 11.3 Å². The molecule has 2 amide bonds. The smallest absolute Gasteiger partial charge is 0.437 e. The molecule has 0 bridgehead atoms. The maximum absolute atomic E-state index is 12.6. The zero-order valence-electron chi connectivity index (χ0n) is 23.5. The molecule has 2 aromatic rings. The van der Waals surface area contributed by atoms with Crippen LogP contribution in [0.3, 0.4) is 0 Å². The Kier molecular flexibility index (Phi) is 10.7. The van der Waals surface area contributed by atoms with Crippen LogP contribution >= 0.6 is 11.6 Å². The first kappa shape index (κ1) is 32.1. The first-order valence-corrected chi connectivity index (χ1v) is 12.7. The molecule has 2 rings (SSSR count). The number of amides is 2. The van der Waals surface area contributed by atoms with E-state index in [1.54, 1.807) is 54.5 Å². The van der Waals surface area contributed by atoms with Crippen LogP contribution in [0.4, 0.5) is 15.3 Å². The van der Waals surface area contributed by atoms with Crippen molar-refractivity contribution in [3.8, 4) is 5.75 Å². The molecule has 1 atom stereocenters. The second-order valence-corrected chi connectivity index (χ2v) is 11.3. The van der Waals surface area contributed by atoms with Gasteiger partial charge < -0.3 is 24.6 Å². The molecule has 0 aliphatic rings. The minimum absolute atomic E-state index is 0.192. The molecule has 0 saturated carbocycles. The van der Waals surface area contributed by atoms with Crippen molar-refractivity contribution >= 4 is 47.4 Å². The van der Waals surface area contributed by atoms with E-state index >= 15 is 0 Å². The number of carboxylic acids is 1. The number of nitrogens with zero attached hydrogens (tertiary/aromatic N) is 1. The van der Waals surface area contributed by atoms with E-state index in [9.17, 15) is 19.2 Å². The fourth-order valence-electron chi connectivity index (χ4n) is 3.03. The maximum atomic E-state index is 12.6. The van der Waals surface area contributed by atoms with Crippen molar-refractivity contribution in [3.63, 3.8) is 0 Å².